The molecule has 0 aromatic heterocycles. The Morgan fingerprint density at radius 1 is 1.18 bits per heavy atom. The maximum atomic E-state index is 11.9. The Kier molecular flexibility index (Phi) is 3.75. The molecule has 1 aliphatic rings. The second kappa shape index (κ2) is 5.72. The number of carbonyl (C=O) groups excluding carboxylic acids is 1. The van der Waals surface area contributed by atoms with Crippen molar-refractivity contribution in [1.82, 2.24) is 0 Å². The largest absolute Gasteiger partial charge is 0.508 e. The molecule has 22 heavy (non-hydrogen) atoms. The van der Waals surface area contributed by atoms with Crippen LogP contribution < -0.4 is 4.90 Å². The minimum Gasteiger partial charge on any atom is -0.508 e. The fourth-order valence-corrected chi connectivity index (χ4v) is 3.10. The van der Waals surface area contributed by atoms with Gasteiger partial charge in [0.15, 0.2) is 0 Å². The number of esters is 1. The van der Waals surface area contributed by atoms with E-state index in [-0.39, 0.29) is 11.7 Å². The number of methoxy groups -OCH3 is 1. The van der Waals surface area contributed by atoms with E-state index in [1.807, 2.05) is 31.2 Å². The average molecular weight is 297 g/mol. The van der Waals surface area contributed by atoms with Crippen LogP contribution in [-0.4, -0.2) is 24.7 Å². The number of carbonyl (C=O) groups is 1. The highest BCUT2D eigenvalue weighted by Gasteiger charge is 2.23. The summed E-state index contributed by atoms with van der Waals surface area (Å²) in [5.41, 5.74) is 4.89. The van der Waals surface area contributed by atoms with Crippen molar-refractivity contribution in [2.24, 2.45) is 0 Å². The molecule has 2 aromatic rings. The van der Waals surface area contributed by atoms with Gasteiger partial charge in [0.05, 0.1) is 12.7 Å². The second-order valence-electron chi connectivity index (χ2n) is 5.51. The summed E-state index contributed by atoms with van der Waals surface area (Å²) in [4.78, 5) is 14.1. The molecule has 0 saturated heterocycles. The first-order valence-electron chi connectivity index (χ1n) is 7.39. The van der Waals surface area contributed by atoms with Crippen LogP contribution in [-0.2, 0) is 11.2 Å². The first-order valence-corrected chi connectivity index (χ1v) is 7.39. The number of aryl methyl sites for hydroxylation is 1. The van der Waals surface area contributed by atoms with Crippen LogP contribution in [0.5, 0.6) is 5.75 Å². The van der Waals surface area contributed by atoms with E-state index in [2.05, 4.69) is 4.90 Å². The number of benzene rings is 2. The Hall–Kier alpha value is -2.49. The van der Waals surface area contributed by atoms with Crippen molar-refractivity contribution in [3.8, 4) is 5.75 Å². The summed E-state index contributed by atoms with van der Waals surface area (Å²) in [6, 6.07) is 11.0. The van der Waals surface area contributed by atoms with Crippen molar-refractivity contribution >= 4 is 17.3 Å². The molecular weight excluding hydrogens is 278 g/mol. The highest BCUT2D eigenvalue weighted by atomic mass is 16.5. The Labute approximate surface area is 130 Å². The van der Waals surface area contributed by atoms with Crippen molar-refractivity contribution in [3.05, 3.63) is 53.1 Å². The molecule has 4 heteroatoms. The van der Waals surface area contributed by atoms with Gasteiger partial charge in [-0.05, 0) is 61.2 Å². The minimum absolute atomic E-state index is 0.251. The van der Waals surface area contributed by atoms with E-state index in [0.717, 1.165) is 36.3 Å². The summed E-state index contributed by atoms with van der Waals surface area (Å²) in [6.45, 7) is 2.85. The van der Waals surface area contributed by atoms with Gasteiger partial charge in [-0.3, -0.25) is 0 Å². The van der Waals surface area contributed by atoms with Crippen molar-refractivity contribution < 1.29 is 14.6 Å². The minimum atomic E-state index is -0.309. The number of ether oxygens (including phenoxy) is 1. The number of aromatic hydroxyl groups is 1. The van der Waals surface area contributed by atoms with Crippen LogP contribution in [0.4, 0.5) is 11.4 Å². The van der Waals surface area contributed by atoms with E-state index in [0.29, 0.717) is 5.56 Å². The summed E-state index contributed by atoms with van der Waals surface area (Å²) in [5.74, 6) is -0.0578. The number of hydrogen-bond donors (Lipinski definition) is 1. The summed E-state index contributed by atoms with van der Waals surface area (Å²) >= 11 is 0. The molecule has 0 aliphatic carbocycles. The smallest absolute Gasteiger partial charge is 0.338 e. The molecule has 0 saturated carbocycles. The molecule has 0 amide bonds. The highest BCUT2D eigenvalue weighted by Crippen LogP contribution is 2.38. The maximum Gasteiger partial charge on any atom is 0.338 e. The molecule has 0 radical (unpaired) electrons. The standard InChI is InChI=1S/C18H19NO3/c1-12-16(18(21)22-2)10-5-13-4-3-11-19(17(12)13)14-6-8-15(20)9-7-14/h5-10,20H,3-4,11H2,1-2H3. The zero-order chi connectivity index (χ0) is 15.7. The second-order valence-corrected chi connectivity index (χ2v) is 5.51. The third-order valence-corrected chi connectivity index (χ3v) is 4.18. The van der Waals surface area contributed by atoms with Gasteiger partial charge in [0, 0.05) is 17.9 Å². The van der Waals surface area contributed by atoms with Crippen molar-refractivity contribution in [3.63, 3.8) is 0 Å². The Bertz CT molecular complexity index is 707. The maximum absolute atomic E-state index is 11.9. The molecule has 114 valence electrons. The quantitative estimate of drug-likeness (QED) is 0.861. The van der Waals surface area contributed by atoms with E-state index in [9.17, 15) is 9.90 Å². The van der Waals surface area contributed by atoms with Gasteiger partial charge in [0.25, 0.3) is 0 Å². The lowest BCUT2D eigenvalue weighted by Gasteiger charge is -2.33. The van der Waals surface area contributed by atoms with Crippen LogP contribution in [0, 0.1) is 6.92 Å². The molecule has 2 aromatic carbocycles. The first kappa shape index (κ1) is 14.4. The summed E-state index contributed by atoms with van der Waals surface area (Å²) in [6.07, 6.45) is 2.07. The van der Waals surface area contributed by atoms with Gasteiger partial charge in [0.1, 0.15) is 5.75 Å². The Morgan fingerprint density at radius 2 is 1.91 bits per heavy atom. The fourth-order valence-electron chi connectivity index (χ4n) is 3.10. The number of hydrogen-bond acceptors (Lipinski definition) is 4. The van der Waals surface area contributed by atoms with E-state index < -0.39 is 0 Å². The van der Waals surface area contributed by atoms with Crippen LogP contribution in [0.1, 0.15) is 27.9 Å². The summed E-state index contributed by atoms with van der Waals surface area (Å²) in [5, 5.41) is 9.47. The van der Waals surface area contributed by atoms with Gasteiger partial charge >= 0.3 is 5.97 Å². The first-order chi connectivity index (χ1) is 10.6. The van der Waals surface area contributed by atoms with Crippen molar-refractivity contribution in [2.75, 3.05) is 18.6 Å². The molecule has 1 N–H and O–H groups in total. The van der Waals surface area contributed by atoms with Crippen LogP contribution in [0.3, 0.4) is 0 Å². The average Bonchev–Trinajstić information content (AvgIpc) is 2.55. The monoisotopic (exact) mass is 297 g/mol. The van der Waals surface area contributed by atoms with Crippen molar-refractivity contribution in [2.45, 2.75) is 19.8 Å². The zero-order valence-electron chi connectivity index (χ0n) is 12.8. The SMILES string of the molecule is COC(=O)c1ccc2c(c1C)N(c1ccc(O)cc1)CCC2. The van der Waals surface area contributed by atoms with E-state index in [4.69, 9.17) is 4.74 Å². The lowest BCUT2D eigenvalue weighted by atomic mass is 9.94. The van der Waals surface area contributed by atoms with Gasteiger partial charge in [-0.1, -0.05) is 6.07 Å². The molecular formula is C18H19NO3. The molecule has 1 aliphatic heterocycles. The predicted molar refractivity (Wildman–Crippen MR) is 86.0 cm³/mol. The van der Waals surface area contributed by atoms with Crippen LogP contribution in [0.15, 0.2) is 36.4 Å². The number of nitrogens with zero attached hydrogens (tertiary/aromatic N) is 1. The van der Waals surface area contributed by atoms with E-state index >= 15 is 0 Å². The molecule has 3 rings (SSSR count). The normalized spacial score (nSPS) is 13.6. The van der Waals surface area contributed by atoms with Gasteiger partial charge < -0.3 is 14.7 Å². The Balaban J connectivity index is 2.11. The number of rotatable bonds is 2. The highest BCUT2D eigenvalue weighted by molar-refractivity contribution is 5.94. The van der Waals surface area contributed by atoms with Crippen LogP contribution in [0.2, 0.25) is 0 Å². The number of anilines is 2. The number of phenols is 1. The van der Waals surface area contributed by atoms with Gasteiger partial charge in [-0.15, -0.1) is 0 Å². The molecule has 0 atom stereocenters. The predicted octanol–water partition coefficient (Wildman–Crippen LogP) is 3.57. The third-order valence-electron chi connectivity index (χ3n) is 4.18. The number of fused-ring (bicyclic) bond motifs is 1. The Morgan fingerprint density at radius 3 is 2.59 bits per heavy atom. The van der Waals surface area contributed by atoms with Crippen LogP contribution >= 0.6 is 0 Å². The fraction of sp³-hybridized carbons (Fsp3) is 0.278. The summed E-state index contributed by atoms with van der Waals surface area (Å²) < 4.78 is 4.87. The molecule has 4 nitrogen and oxygen atoms in total. The molecule has 0 fully saturated rings. The van der Waals surface area contributed by atoms with Gasteiger partial charge in [0.2, 0.25) is 0 Å². The topological polar surface area (TPSA) is 49.8 Å². The van der Waals surface area contributed by atoms with E-state index in [1.54, 1.807) is 12.1 Å². The van der Waals surface area contributed by atoms with Crippen LogP contribution in [0.25, 0.3) is 0 Å². The van der Waals surface area contributed by atoms with Gasteiger partial charge in [-0.25, -0.2) is 4.79 Å². The molecule has 1 heterocycles. The van der Waals surface area contributed by atoms with Gasteiger partial charge in [-0.2, -0.15) is 0 Å². The molecule has 0 bridgehead atoms. The molecule has 0 unspecified atom stereocenters. The summed E-state index contributed by atoms with van der Waals surface area (Å²) in [7, 11) is 1.40. The number of phenolic OH excluding ortho intramolecular Hbond substituents is 1. The third kappa shape index (κ3) is 2.41. The lowest BCUT2D eigenvalue weighted by Crippen LogP contribution is -2.26. The molecule has 0 spiro atoms. The van der Waals surface area contributed by atoms with Crippen molar-refractivity contribution in [1.29, 1.82) is 0 Å². The lowest BCUT2D eigenvalue weighted by molar-refractivity contribution is 0.0600. The van der Waals surface area contributed by atoms with E-state index in [1.165, 1.54) is 12.7 Å². The zero-order valence-corrected chi connectivity index (χ0v) is 12.8.